The van der Waals surface area contributed by atoms with Gasteiger partial charge in [0, 0.05) is 29.5 Å². The molecule has 0 unspecified atom stereocenters. The molecule has 0 spiro atoms. The molecule has 34 heavy (non-hydrogen) atoms. The summed E-state index contributed by atoms with van der Waals surface area (Å²) in [5.41, 5.74) is 2.15. The van der Waals surface area contributed by atoms with E-state index in [1.165, 1.54) is 16.5 Å². The van der Waals surface area contributed by atoms with E-state index in [1.54, 1.807) is 6.20 Å². The van der Waals surface area contributed by atoms with Crippen LogP contribution >= 0.6 is 0 Å². The lowest BCUT2D eigenvalue weighted by atomic mass is 9.78. The fourth-order valence-corrected chi connectivity index (χ4v) is 4.87. The Kier molecular flexibility index (Phi) is 6.83. The number of carbonyl (C=O) groups is 1. The normalized spacial score (nSPS) is 19.2. The van der Waals surface area contributed by atoms with Crippen molar-refractivity contribution in [3.8, 4) is 0 Å². The number of likely N-dealkylation sites (tertiary alicyclic amines) is 1. The van der Waals surface area contributed by atoms with Gasteiger partial charge in [0.25, 0.3) is 0 Å². The summed E-state index contributed by atoms with van der Waals surface area (Å²) < 4.78 is 6.20. The lowest BCUT2D eigenvalue weighted by molar-refractivity contribution is -0.131. The summed E-state index contributed by atoms with van der Waals surface area (Å²) in [6.07, 6.45) is 3.53. The molecular formula is C28H37N3O3. The molecule has 1 saturated heterocycles. The Hall–Kier alpha value is -2.70. The fourth-order valence-electron chi connectivity index (χ4n) is 4.87. The molecule has 0 radical (unpaired) electrons. The van der Waals surface area contributed by atoms with Crippen molar-refractivity contribution in [2.75, 3.05) is 19.6 Å². The zero-order valence-corrected chi connectivity index (χ0v) is 21.0. The number of benzene rings is 1. The number of furan rings is 1. The Bertz CT molecular complexity index is 1150. The van der Waals surface area contributed by atoms with Crippen molar-refractivity contribution in [1.29, 1.82) is 0 Å². The maximum atomic E-state index is 12.6. The zero-order valence-electron chi connectivity index (χ0n) is 21.0. The minimum Gasteiger partial charge on any atom is -0.459 e. The van der Waals surface area contributed by atoms with E-state index in [1.807, 2.05) is 45.0 Å². The number of nitrogens with one attached hydrogen (secondary N) is 1. The third kappa shape index (κ3) is 5.03. The predicted molar refractivity (Wildman–Crippen MR) is 134 cm³/mol. The third-order valence-corrected chi connectivity index (χ3v) is 7.05. The first-order valence-electron chi connectivity index (χ1n) is 12.2. The monoisotopic (exact) mass is 463 g/mol. The van der Waals surface area contributed by atoms with Crippen LogP contribution < -0.4 is 5.32 Å². The first kappa shape index (κ1) is 24.4. The second-order valence-electron chi connectivity index (χ2n) is 10.8. The van der Waals surface area contributed by atoms with Crippen LogP contribution in [0.15, 0.2) is 47.0 Å². The summed E-state index contributed by atoms with van der Waals surface area (Å²) in [6.45, 7) is 12.3. The van der Waals surface area contributed by atoms with E-state index >= 15 is 0 Å². The highest BCUT2D eigenvalue weighted by atomic mass is 16.3. The number of pyridine rings is 1. The van der Waals surface area contributed by atoms with Crippen LogP contribution in [0.4, 0.5) is 0 Å². The highest BCUT2D eigenvalue weighted by Gasteiger charge is 2.42. The van der Waals surface area contributed by atoms with Crippen LogP contribution in [0.5, 0.6) is 0 Å². The SMILES string of the molecule is Cc1ccc2oc(CN3CCC[C@@H]([C@](O)(CNC(=O)C(C)(C)C)c4ccccn4)C3)c(C)c2c1. The van der Waals surface area contributed by atoms with Gasteiger partial charge in [0.05, 0.1) is 18.8 Å². The number of hydrogen-bond acceptors (Lipinski definition) is 5. The summed E-state index contributed by atoms with van der Waals surface area (Å²) in [5.74, 6) is 0.828. The van der Waals surface area contributed by atoms with Gasteiger partial charge in [-0.2, -0.15) is 0 Å². The molecule has 2 atom stereocenters. The van der Waals surface area contributed by atoms with Crippen molar-refractivity contribution in [1.82, 2.24) is 15.2 Å². The highest BCUT2D eigenvalue weighted by Crippen LogP contribution is 2.36. The van der Waals surface area contributed by atoms with Gasteiger partial charge in [0.1, 0.15) is 16.9 Å². The molecule has 0 bridgehead atoms. The summed E-state index contributed by atoms with van der Waals surface area (Å²) >= 11 is 0. The van der Waals surface area contributed by atoms with E-state index < -0.39 is 11.0 Å². The second-order valence-corrected chi connectivity index (χ2v) is 10.8. The highest BCUT2D eigenvalue weighted by molar-refractivity contribution is 5.82. The molecule has 4 rings (SSSR count). The molecule has 2 aromatic heterocycles. The molecule has 1 aromatic carbocycles. The Morgan fingerprint density at radius 3 is 2.74 bits per heavy atom. The minimum absolute atomic E-state index is 0.0663. The van der Waals surface area contributed by atoms with Gasteiger partial charge in [-0.25, -0.2) is 0 Å². The number of rotatable bonds is 6. The topological polar surface area (TPSA) is 78.6 Å². The number of hydrogen-bond donors (Lipinski definition) is 2. The second kappa shape index (κ2) is 9.51. The lowest BCUT2D eigenvalue weighted by Gasteiger charge is -2.42. The van der Waals surface area contributed by atoms with Crippen molar-refractivity contribution in [2.24, 2.45) is 11.3 Å². The van der Waals surface area contributed by atoms with Crippen LogP contribution in [0.2, 0.25) is 0 Å². The number of nitrogens with zero attached hydrogens (tertiary/aromatic N) is 2. The minimum atomic E-state index is -1.25. The Labute approximate surface area is 202 Å². The number of aliphatic hydroxyl groups is 1. The number of fused-ring (bicyclic) bond motifs is 1. The van der Waals surface area contributed by atoms with Gasteiger partial charge in [-0.3, -0.25) is 14.7 Å². The summed E-state index contributed by atoms with van der Waals surface area (Å²) in [6, 6.07) is 11.9. The van der Waals surface area contributed by atoms with E-state index in [4.69, 9.17) is 4.42 Å². The molecule has 1 fully saturated rings. The number of aryl methyl sites for hydroxylation is 2. The number of amides is 1. The van der Waals surface area contributed by atoms with Gasteiger partial charge in [0.15, 0.2) is 0 Å². The van der Waals surface area contributed by atoms with Crippen molar-refractivity contribution in [3.05, 3.63) is 65.2 Å². The molecule has 1 aliphatic heterocycles. The van der Waals surface area contributed by atoms with Crippen LogP contribution in [0.3, 0.4) is 0 Å². The molecule has 3 heterocycles. The molecule has 3 aromatic rings. The predicted octanol–water partition coefficient (Wildman–Crippen LogP) is 4.71. The zero-order chi connectivity index (χ0) is 24.5. The summed E-state index contributed by atoms with van der Waals surface area (Å²) in [5, 5.41) is 16.1. The third-order valence-electron chi connectivity index (χ3n) is 7.05. The summed E-state index contributed by atoms with van der Waals surface area (Å²) in [7, 11) is 0. The molecule has 1 aliphatic rings. The quantitative estimate of drug-likeness (QED) is 0.554. The average Bonchev–Trinajstić information content (AvgIpc) is 3.12. The standard InChI is InChI=1S/C28H37N3O3/c1-19-11-12-23-22(15-19)20(2)24(34-23)17-31-14-8-9-21(16-31)28(33,25-10-6-7-13-29-25)18-30-26(32)27(3,4)5/h6-7,10-13,15,21,33H,8-9,14,16-18H2,1-5H3,(H,30,32)/t21-,28-/m1/s1. The first-order valence-corrected chi connectivity index (χ1v) is 12.2. The molecule has 2 N–H and O–H groups in total. The van der Waals surface area contributed by atoms with Crippen molar-refractivity contribution >= 4 is 16.9 Å². The number of carbonyl (C=O) groups excluding carboxylic acids is 1. The molecule has 1 amide bonds. The molecule has 6 heteroatoms. The van der Waals surface area contributed by atoms with Crippen LogP contribution in [-0.4, -0.2) is 40.5 Å². The Morgan fingerprint density at radius 1 is 1.24 bits per heavy atom. The van der Waals surface area contributed by atoms with Gasteiger partial charge in [-0.05, 0) is 63.1 Å². The van der Waals surface area contributed by atoms with Gasteiger partial charge in [-0.1, -0.05) is 38.5 Å². The van der Waals surface area contributed by atoms with Gasteiger partial charge < -0.3 is 14.8 Å². The molecule has 0 aliphatic carbocycles. The van der Waals surface area contributed by atoms with Crippen LogP contribution in [0.25, 0.3) is 11.0 Å². The lowest BCUT2D eigenvalue weighted by Crippen LogP contribution is -2.53. The average molecular weight is 464 g/mol. The van der Waals surface area contributed by atoms with Gasteiger partial charge >= 0.3 is 0 Å². The summed E-state index contributed by atoms with van der Waals surface area (Å²) in [4.78, 5) is 19.5. The van der Waals surface area contributed by atoms with Crippen molar-refractivity contribution in [3.63, 3.8) is 0 Å². The molecule has 182 valence electrons. The van der Waals surface area contributed by atoms with E-state index in [2.05, 4.69) is 41.2 Å². The number of piperidine rings is 1. The maximum absolute atomic E-state index is 12.6. The first-order chi connectivity index (χ1) is 16.1. The Balaban J connectivity index is 1.56. The molecule has 6 nitrogen and oxygen atoms in total. The van der Waals surface area contributed by atoms with Crippen LogP contribution in [0.1, 0.15) is 56.2 Å². The largest absolute Gasteiger partial charge is 0.459 e. The van der Waals surface area contributed by atoms with E-state index in [9.17, 15) is 9.90 Å². The number of aromatic nitrogens is 1. The van der Waals surface area contributed by atoms with Crippen LogP contribution in [0, 0.1) is 25.2 Å². The Morgan fingerprint density at radius 2 is 2.03 bits per heavy atom. The van der Waals surface area contributed by atoms with Gasteiger partial charge in [0.2, 0.25) is 5.91 Å². The van der Waals surface area contributed by atoms with E-state index in [-0.39, 0.29) is 18.4 Å². The smallest absolute Gasteiger partial charge is 0.225 e. The fraction of sp³-hybridized carbons (Fsp3) is 0.500. The van der Waals surface area contributed by atoms with Crippen molar-refractivity contribution in [2.45, 2.75) is 59.6 Å². The van der Waals surface area contributed by atoms with Crippen LogP contribution in [-0.2, 0) is 16.9 Å². The molecule has 0 saturated carbocycles. The van der Waals surface area contributed by atoms with Crippen molar-refractivity contribution < 1.29 is 14.3 Å². The van der Waals surface area contributed by atoms with Gasteiger partial charge in [-0.15, -0.1) is 0 Å². The molecular weight excluding hydrogens is 426 g/mol. The van der Waals surface area contributed by atoms with E-state index in [0.29, 0.717) is 18.8 Å². The van der Waals surface area contributed by atoms with E-state index in [0.717, 1.165) is 30.7 Å². The maximum Gasteiger partial charge on any atom is 0.225 e.